The van der Waals surface area contributed by atoms with Gasteiger partial charge >= 0.3 is 0 Å². The third kappa shape index (κ3) is 12.5. The van der Waals surface area contributed by atoms with Gasteiger partial charge in [-0.05, 0) is 58.4 Å². The molecule has 0 bridgehead atoms. The van der Waals surface area contributed by atoms with Crippen molar-refractivity contribution in [3.8, 4) is 0 Å². The van der Waals surface area contributed by atoms with E-state index in [-0.39, 0.29) is 18.0 Å². The SMILES string of the molecule is C=CC(C)(C)OC[C@@H]1NC(=O)[C@H]([C@@H](C)O)NC(=O)[C@H](CO)NC(=S)[C@H](Cc2ccccc2)NC(=O)[C@@H]2CCCN2C(=O)[C@H](C)NC(=O)[C@H]([C@@H](C)CC)NC1=O. The number of nitrogens with one attached hydrogen (secondary N) is 6. The molecule has 304 valence electrons. The Labute approximate surface area is 327 Å². The van der Waals surface area contributed by atoms with Gasteiger partial charge in [-0.15, -0.1) is 6.58 Å². The molecule has 0 aromatic heterocycles. The zero-order valence-electron chi connectivity index (χ0n) is 32.4. The van der Waals surface area contributed by atoms with Gasteiger partial charge in [0.2, 0.25) is 35.4 Å². The number of aliphatic hydroxyl groups excluding tert-OH is 2. The third-order valence-electron chi connectivity index (χ3n) is 9.90. The van der Waals surface area contributed by atoms with Crippen LogP contribution in [0.1, 0.15) is 66.4 Å². The highest BCUT2D eigenvalue weighted by atomic mass is 32.1. The van der Waals surface area contributed by atoms with Crippen molar-refractivity contribution < 1.29 is 43.7 Å². The van der Waals surface area contributed by atoms with Crippen molar-refractivity contribution in [2.75, 3.05) is 19.8 Å². The molecule has 0 saturated carbocycles. The van der Waals surface area contributed by atoms with E-state index >= 15 is 0 Å². The van der Waals surface area contributed by atoms with E-state index in [1.54, 1.807) is 20.8 Å². The molecule has 2 heterocycles. The Morgan fingerprint density at radius 3 is 2.09 bits per heavy atom. The maximum atomic E-state index is 13.9. The molecule has 0 radical (unpaired) electrons. The lowest BCUT2D eigenvalue weighted by molar-refractivity contribution is -0.142. The molecule has 8 N–H and O–H groups in total. The monoisotopic (exact) mass is 787 g/mol. The number of rotatable bonds is 10. The van der Waals surface area contributed by atoms with Gasteiger partial charge in [0.15, 0.2) is 0 Å². The standard InChI is InChI=1S/C38H57N7O9S/c1-8-21(3)29-34(51)39-22(4)37(53)45-17-13-16-28(45)33(50)40-25(18-24-14-11-10-12-15-24)36(55)42-26(19-46)31(48)44-30(23(5)47)35(52)41-27(32(49)43-29)20-54-38(6,7)9-2/h9-12,14-15,21-23,25-30,46-47H,2,8,13,16-20H2,1,3-7H3,(H,39,51)(H,40,50)(H,41,52)(H,42,55)(H,43,49)(H,44,48)/t21-,22-,23+,25-,26-,27-,28-,29-,30-/m0/s1. The summed E-state index contributed by atoms with van der Waals surface area (Å²) in [4.78, 5) is 84.0. The molecular formula is C38H57N7O9S. The van der Waals surface area contributed by atoms with E-state index in [1.165, 1.54) is 24.8 Å². The molecule has 0 unspecified atom stereocenters. The molecule has 17 heteroatoms. The summed E-state index contributed by atoms with van der Waals surface area (Å²) < 4.78 is 5.87. The smallest absolute Gasteiger partial charge is 0.245 e. The predicted molar refractivity (Wildman–Crippen MR) is 208 cm³/mol. The minimum Gasteiger partial charge on any atom is -0.394 e. The summed E-state index contributed by atoms with van der Waals surface area (Å²) in [5.41, 5.74) is -0.141. The van der Waals surface area contributed by atoms with Crippen molar-refractivity contribution in [3.63, 3.8) is 0 Å². The first-order valence-corrected chi connectivity index (χ1v) is 19.1. The predicted octanol–water partition coefficient (Wildman–Crippen LogP) is -0.636. The maximum absolute atomic E-state index is 13.9. The first-order chi connectivity index (χ1) is 25.9. The zero-order valence-corrected chi connectivity index (χ0v) is 33.2. The number of fused-ring (bicyclic) bond motifs is 1. The molecule has 2 aliphatic heterocycles. The molecular weight excluding hydrogens is 731 g/mol. The van der Waals surface area contributed by atoms with Crippen LogP contribution in [-0.2, 0) is 39.9 Å². The van der Waals surface area contributed by atoms with Crippen molar-refractivity contribution in [2.45, 2.75) is 121 Å². The Morgan fingerprint density at radius 1 is 0.891 bits per heavy atom. The molecule has 9 atom stereocenters. The van der Waals surface area contributed by atoms with Crippen LogP contribution >= 0.6 is 12.2 Å². The van der Waals surface area contributed by atoms with Crippen molar-refractivity contribution in [3.05, 3.63) is 48.6 Å². The van der Waals surface area contributed by atoms with Crippen LogP contribution in [0.15, 0.2) is 43.0 Å². The highest BCUT2D eigenvalue weighted by Crippen LogP contribution is 2.20. The van der Waals surface area contributed by atoms with Gasteiger partial charge in [0.25, 0.3) is 0 Å². The van der Waals surface area contributed by atoms with Crippen LogP contribution in [0.3, 0.4) is 0 Å². The van der Waals surface area contributed by atoms with Crippen molar-refractivity contribution >= 4 is 52.6 Å². The highest BCUT2D eigenvalue weighted by molar-refractivity contribution is 7.80. The van der Waals surface area contributed by atoms with E-state index in [1.807, 2.05) is 37.3 Å². The summed E-state index contributed by atoms with van der Waals surface area (Å²) in [5.74, 6) is -4.79. The topological polar surface area (TPSA) is 228 Å². The Hall–Kier alpha value is -4.45. The average Bonchev–Trinajstić information content (AvgIpc) is 3.65. The number of hydrogen-bond acceptors (Lipinski definition) is 10. The lowest BCUT2D eigenvalue weighted by atomic mass is 9.97. The third-order valence-corrected chi connectivity index (χ3v) is 10.3. The largest absolute Gasteiger partial charge is 0.394 e. The number of carbonyl (C=O) groups excluding carboxylic acids is 6. The molecule has 3 rings (SSSR count). The van der Waals surface area contributed by atoms with E-state index in [0.29, 0.717) is 19.3 Å². The second-order valence-corrected chi connectivity index (χ2v) is 15.1. The van der Waals surface area contributed by atoms with Gasteiger partial charge in [0.05, 0.1) is 35.9 Å². The van der Waals surface area contributed by atoms with E-state index in [0.717, 1.165) is 5.56 Å². The summed E-state index contributed by atoms with van der Waals surface area (Å²) in [7, 11) is 0. The van der Waals surface area contributed by atoms with Gasteiger partial charge in [-0.2, -0.15) is 0 Å². The van der Waals surface area contributed by atoms with Crippen molar-refractivity contribution in [2.24, 2.45) is 5.92 Å². The molecule has 0 spiro atoms. The molecule has 2 saturated heterocycles. The number of aliphatic hydroxyl groups is 2. The van der Waals surface area contributed by atoms with Crippen LogP contribution in [0.25, 0.3) is 0 Å². The Bertz CT molecular complexity index is 1560. The molecule has 6 amide bonds. The Morgan fingerprint density at radius 2 is 1.49 bits per heavy atom. The normalized spacial score (nSPS) is 27.9. The summed E-state index contributed by atoms with van der Waals surface area (Å²) in [6.07, 6.45) is 1.53. The summed E-state index contributed by atoms with van der Waals surface area (Å²) in [6, 6.07) is 0.584. The number of amides is 6. The fraction of sp³-hybridized carbons (Fsp3) is 0.605. The van der Waals surface area contributed by atoms with Gasteiger partial charge in [-0.1, -0.05) is 68.9 Å². The summed E-state index contributed by atoms with van der Waals surface area (Å²) >= 11 is 5.68. The Balaban J connectivity index is 2.08. The number of thiocarbonyl (C=S) groups is 1. The summed E-state index contributed by atoms with van der Waals surface area (Å²) in [6.45, 7) is 12.5. The number of benzene rings is 1. The second kappa shape index (κ2) is 20.5. The molecule has 0 aliphatic carbocycles. The fourth-order valence-electron chi connectivity index (χ4n) is 6.13. The lowest BCUT2D eigenvalue weighted by Gasteiger charge is -2.31. The van der Waals surface area contributed by atoms with Gasteiger partial charge in [-0.3, -0.25) is 28.8 Å². The maximum Gasteiger partial charge on any atom is 0.245 e. The number of nitrogens with zero attached hydrogens (tertiary/aromatic N) is 1. The van der Waals surface area contributed by atoms with Gasteiger partial charge in [0.1, 0.15) is 36.3 Å². The van der Waals surface area contributed by atoms with Crippen LogP contribution in [0, 0.1) is 5.92 Å². The molecule has 2 aliphatic rings. The van der Waals surface area contributed by atoms with Gasteiger partial charge in [0, 0.05) is 6.54 Å². The molecule has 1 aromatic rings. The number of ether oxygens (including phenoxy) is 1. The van der Waals surface area contributed by atoms with Crippen LogP contribution in [0.2, 0.25) is 0 Å². The van der Waals surface area contributed by atoms with Crippen molar-refractivity contribution in [1.82, 2.24) is 36.8 Å². The van der Waals surface area contributed by atoms with Gasteiger partial charge < -0.3 is 51.8 Å². The van der Waals surface area contributed by atoms with Crippen molar-refractivity contribution in [1.29, 1.82) is 0 Å². The van der Waals surface area contributed by atoms with E-state index in [2.05, 4.69) is 38.5 Å². The van der Waals surface area contributed by atoms with Gasteiger partial charge in [-0.25, -0.2) is 0 Å². The van der Waals surface area contributed by atoms with E-state index in [4.69, 9.17) is 17.0 Å². The average molecular weight is 788 g/mol. The molecule has 2 fully saturated rings. The molecule has 16 nitrogen and oxygen atoms in total. The van der Waals surface area contributed by atoms with Crippen LogP contribution < -0.4 is 31.9 Å². The lowest BCUT2D eigenvalue weighted by Crippen LogP contribution is -2.63. The fourth-order valence-corrected chi connectivity index (χ4v) is 6.41. The molecule has 55 heavy (non-hydrogen) atoms. The van der Waals surface area contributed by atoms with E-state index in [9.17, 15) is 39.0 Å². The van der Waals surface area contributed by atoms with Crippen LogP contribution in [-0.4, -0.2) is 129 Å². The first kappa shape index (κ1) is 44.9. The van der Waals surface area contributed by atoms with Crippen LogP contribution in [0.5, 0.6) is 0 Å². The van der Waals surface area contributed by atoms with E-state index < -0.39 is 109 Å². The highest BCUT2D eigenvalue weighted by Gasteiger charge is 2.40. The number of hydrogen-bond donors (Lipinski definition) is 8. The minimum atomic E-state index is -1.62. The quantitative estimate of drug-likeness (QED) is 0.110. The van der Waals surface area contributed by atoms with Crippen LogP contribution in [0.4, 0.5) is 0 Å². The zero-order chi connectivity index (χ0) is 41.0. The molecule has 1 aromatic carbocycles. The Kier molecular flexibility index (Phi) is 16.7. The minimum absolute atomic E-state index is 0.0124. The second-order valence-electron chi connectivity index (χ2n) is 14.7. The first-order valence-electron chi connectivity index (χ1n) is 18.7. The number of carbonyl (C=O) groups is 6. The summed E-state index contributed by atoms with van der Waals surface area (Å²) in [5, 5.41) is 37.0.